The molecule has 4 nitrogen and oxygen atoms in total. The van der Waals surface area contributed by atoms with Gasteiger partial charge in [-0.25, -0.2) is 8.42 Å². The third-order valence-corrected chi connectivity index (χ3v) is 3.36. The lowest BCUT2D eigenvalue weighted by Gasteiger charge is -1.98. The molecule has 92 valence electrons. The van der Waals surface area contributed by atoms with Crippen LogP contribution in [0.25, 0.3) is 0 Å². The molecule has 0 spiro atoms. The lowest BCUT2D eigenvalue weighted by molar-refractivity contribution is 0.314. The fraction of sp³-hybridized carbons (Fsp3) is 0.333. The maximum absolute atomic E-state index is 9.22. The molecule has 16 heavy (non-hydrogen) atoms. The van der Waals surface area contributed by atoms with E-state index in [1.165, 1.54) is 4.90 Å². The summed E-state index contributed by atoms with van der Waals surface area (Å²) in [5.41, 5.74) is 0. The van der Waals surface area contributed by atoms with Gasteiger partial charge in [-0.15, -0.1) is 0 Å². The van der Waals surface area contributed by atoms with Crippen molar-refractivity contribution in [3.8, 4) is 0 Å². The van der Waals surface area contributed by atoms with Crippen molar-refractivity contribution in [3.63, 3.8) is 0 Å². The second-order valence-corrected chi connectivity index (χ2v) is 6.54. The van der Waals surface area contributed by atoms with Crippen molar-refractivity contribution in [1.82, 2.24) is 0 Å². The van der Waals surface area contributed by atoms with E-state index in [4.69, 9.17) is 11.6 Å². The molecule has 1 aromatic carbocycles. The van der Waals surface area contributed by atoms with Crippen molar-refractivity contribution in [2.45, 2.75) is 4.90 Å². The van der Waals surface area contributed by atoms with E-state index in [0.717, 1.165) is 12.1 Å². The lowest BCUT2D eigenvalue weighted by Crippen LogP contribution is -1.97. The molecule has 0 heterocycles. The minimum absolute atomic E-state index is 0.354. The molecule has 0 fully saturated rings. The molecular formula is C9H13ClO4S2. The summed E-state index contributed by atoms with van der Waals surface area (Å²) in [4.78, 5) is 1.37. The van der Waals surface area contributed by atoms with Crippen LogP contribution in [0.3, 0.4) is 0 Å². The quantitative estimate of drug-likeness (QED) is 0.471. The molecule has 7 heteroatoms. The first-order chi connectivity index (χ1) is 7.26. The molecule has 1 aromatic rings. The Bertz CT molecular complexity index is 400. The molecule has 0 saturated heterocycles. The highest BCUT2D eigenvalue weighted by molar-refractivity contribution is 7.95. The van der Waals surface area contributed by atoms with Crippen LogP contribution < -0.4 is 0 Å². The monoisotopic (exact) mass is 284 g/mol. The summed E-state index contributed by atoms with van der Waals surface area (Å²) in [5, 5.41) is 0.814. The van der Waals surface area contributed by atoms with Crippen molar-refractivity contribution in [1.29, 1.82) is 0 Å². The molecule has 0 radical (unpaired) electrons. The maximum atomic E-state index is 9.22. The van der Waals surface area contributed by atoms with E-state index in [-0.39, 0.29) is 0 Å². The summed E-state index contributed by atoms with van der Waals surface area (Å²) >= 11 is 5.72. The van der Waals surface area contributed by atoms with E-state index in [0.29, 0.717) is 10.9 Å². The van der Waals surface area contributed by atoms with Crippen molar-refractivity contribution in [2.24, 2.45) is 0 Å². The summed E-state index contributed by atoms with van der Waals surface area (Å²) < 4.78 is 31.0. The van der Waals surface area contributed by atoms with Gasteiger partial charge in [0.15, 0.2) is 4.90 Å². The molecule has 0 aliphatic heterocycles. The Morgan fingerprint density at radius 1 is 1.25 bits per heavy atom. The largest absolute Gasteiger partial charge is 0.726 e. The van der Waals surface area contributed by atoms with Crippen molar-refractivity contribution < 1.29 is 17.2 Å². The number of hydrogen-bond donors (Lipinski definition) is 0. The maximum Gasteiger partial charge on any atom is 0.217 e. The van der Waals surface area contributed by atoms with Crippen LogP contribution in [-0.4, -0.2) is 32.6 Å². The Balaban J connectivity index is 0.000000325. The van der Waals surface area contributed by atoms with E-state index >= 15 is 0 Å². The second-order valence-electron chi connectivity index (χ2n) is 2.85. The van der Waals surface area contributed by atoms with Crippen LogP contribution in [0.5, 0.6) is 0 Å². The van der Waals surface area contributed by atoms with Gasteiger partial charge in [0, 0.05) is 15.9 Å². The number of halogens is 1. The molecule has 0 aliphatic carbocycles. The van der Waals surface area contributed by atoms with E-state index in [9.17, 15) is 13.0 Å². The number of rotatable bonds is 2. The summed E-state index contributed by atoms with van der Waals surface area (Å²) in [6.45, 7) is 0. The molecule has 0 aromatic heterocycles. The Kier molecular flexibility index (Phi) is 7.01. The van der Waals surface area contributed by atoms with Gasteiger partial charge in [0.1, 0.15) is 12.5 Å². The number of hydrogen-bond acceptors (Lipinski definition) is 4. The Hall–Kier alpha value is -0.270. The van der Waals surface area contributed by atoms with Gasteiger partial charge < -0.3 is 4.55 Å². The zero-order valence-electron chi connectivity index (χ0n) is 9.14. The predicted molar refractivity (Wildman–Crippen MR) is 65.6 cm³/mol. The first-order valence-corrected chi connectivity index (χ1v) is 7.86. The van der Waals surface area contributed by atoms with Gasteiger partial charge in [-0.05, 0) is 24.3 Å². The van der Waals surface area contributed by atoms with Crippen molar-refractivity contribution >= 4 is 32.9 Å². The second kappa shape index (κ2) is 7.13. The summed E-state index contributed by atoms with van der Waals surface area (Å²) in [5.74, 6) is 0. The van der Waals surface area contributed by atoms with E-state index in [1.807, 2.05) is 12.1 Å². The van der Waals surface area contributed by atoms with Gasteiger partial charge >= 0.3 is 0 Å². The summed E-state index contributed by atoms with van der Waals surface area (Å²) in [7, 11) is -3.25. The van der Waals surface area contributed by atoms with Crippen LogP contribution in [0.1, 0.15) is 0 Å². The van der Waals surface area contributed by atoms with Gasteiger partial charge in [0.25, 0.3) is 0 Å². The molecular weight excluding hydrogens is 272 g/mol. The minimum Gasteiger partial charge on any atom is -0.726 e. The van der Waals surface area contributed by atoms with Gasteiger partial charge in [0.2, 0.25) is 10.4 Å². The van der Waals surface area contributed by atoms with Gasteiger partial charge in [-0.1, -0.05) is 11.6 Å². The van der Waals surface area contributed by atoms with Crippen LogP contribution in [0.2, 0.25) is 5.02 Å². The lowest BCUT2D eigenvalue weighted by atomic mass is 10.4. The van der Waals surface area contributed by atoms with Crippen LogP contribution in [0.15, 0.2) is 29.2 Å². The fourth-order valence-corrected chi connectivity index (χ4v) is 1.51. The molecule has 0 bridgehead atoms. The Morgan fingerprint density at radius 2 is 1.62 bits per heavy atom. The third-order valence-electron chi connectivity index (χ3n) is 1.49. The van der Waals surface area contributed by atoms with Crippen LogP contribution in [-0.2, 0) is 25.5 Å². The first-order valence-electron chi connectivity index (χ1n) is 4.11. The molecule has 0 aliphatic rings. The molecule has 0 saturated carbocycles. The molecule has 1 rings (SSSR count). The standard InChI is InChI=1S/C8H10ClS.CH4O4S/c1-10(2)8-5-3-7(9)4-6-8;1-5-6(2,3)4/h3-6H,1-2H3;1H3,(H,2,3,4)/q+1;/p-1. The third kappa shape index (κ3) is 7.95. The van der Waals surface area contributed by atoms with E-state index in [2.05, 4.69) is 28.8 Å². The summed E-state index contributed by atoms with van der Waals surface area (Å²) in [6.07, 6.45) is 4.40. The Labute approximate surface area is 104 Å². The SMILES string of the molecule is COS(=O)(=O)[O-].C[S+](C)c1ccc(Cl)cc1. The fourth-order valence-electron chi connectivity index (χ4n) is 0.707. The van der Waals surface area contributed by atoms with Crippen molar-refractivity contribution in [3.05, 3.63) is 29.3 Å². The van der Waals surface area contributed by atoms with Crippen LogP contribution >= 0.6 is 11.6 Å². The first kappa shape index (κ1) is 15.7. The normalized spacial score (nSPS) is 10.9. The van der Waals surface area contributed by atoms with Gasteiger partial charge in [-0.2, -0.15) is 0 Å². The van der Waals surface area contributed by atoms with Crippen molar-refractivity contribution in [2.75, 3.05) is 19.6 Å². The molecule has 0 amide bonds. The topological polar surface area (TPSA) is 66.4 Å². The smallest absolute Gasteiger partial charge is 0.217 e. The highest BCUT2D eigenvalue weighted by atomic mass is 35.5. The van der Waals surface area contributed by atoms with Gasteiger partial charge in [0.05, 0.1) is 7.11 Å². The summed E-state index contributed by atoms with van der Waals surface area (Å²) in [6, 6.07) is 8.02. The molecule has 0 unspecified atom stereocenters. The average Bonchev–Trinajstić information content (AvgIpc) is 2.18. The number of benzene rings is 1. The van der Waals surface area contributed by atoms with E-state index < -0.39 is 10.4 Å². The molecule has 0 atom stereocenters. The minimum atomic E-state index is -4.41. The predicted octanol–water partition coefficient (Wildman–Crippen LogP) is 1.67. The van der Waals surface area contributed by atoms with Gasteiger partial charge in [-0.3, -0.25) is 4.18 Å². The van der Waals surface area contributed by atoms with Crippen LogP contribution in [0.4, 0.5) is 0 Å². The Morgan fingerprint density at radius 3 is 1.88 bits per heavy atom. The molecule has 0 N–H and O–H groups in total. The average molecular weight is 285 g/mol. The van der Waals surface area contributed by atoms with Crippen LogP contribution in [0, 0.1) is 0 Å². The highest BCUT2D eigenvalue weighted by Crippen LogP contribution is 2.13. The van der Waals surface area contributed by atoms with E-state index in [1.54, 1.807) is 0 Å². The highest BCUT2D eigenvalue weighted by Gasteiger charge is 2.05. The zero-order chi connectivity index (χ0) is 12.8. The zero-order valence-corrected chi connectivity index (χ0v) is 11.5.